The zero-order valence-electron chi connectivity index (χ0n) is 11.5. The number of halogens is 3. The second kappa shape index (κ2) is 6.00. The molecule has 0 amide bonds. The summed E-state index contributed by atoms with van der Waals surface area (Å²) < 4.78 is 38.7. The fraction of sp³-hybridized carbons (Fsp3) is 0.214. The van der Waals surface area contributed by atoms with E-state index in [9.17, 15) is 18.0 Å². The Balaban J connectivity index is 2.45. The average Bonchev–Trinajstić information content (AvgIpc) is 2.44. The number of anilines is 1. The molecule has 0 atom stereocenters. The number of aromatic nitrogens is 2. The molecule has 1 aromatic carbocycles. The highest BCUT2D eigenvalue weighted by atomic mass is 19.4. The molecule has 1 heterocycles. The van der Waals surface area contributed by atoms with Gasteiger partial charge in [0.05, 0.1) is 5.69 Å². The molecule has 0 saturated heterocycles. The molecule has 1 aromatic heterocycles. The van der Waals surface area contributed by atoms with Crippen molar-refractivity contribution in [2.75, 3.05) is 11.9 Å². The van der Waals surface area contributed by atoms with Gasteiger partial charge in [-0.05, 0) is 13.0 Å². The number of rotatable bonds is 4. The van der Waals surface area contributed by atoms with Crippen molar-refractivity contribution in [3.63, 3.8) is 0 Å². The first-order valence-corrected chi connectivity index (χ1v) is 6.24. The lowest BCUT2D eigenvalue weighted by atomic mass is 10.1. The minimum absolute atomic E-state index is 0.0650. The van der Waals surface area contributed by atoms with Gasteiger partial charge in [-0.1, -0.05) is 29.8 Å². The van der Waals surface area contributed by atoms with Crippen LogP contribution in [0.5, 0.6) is 0 Å². The number of aryl methyl sites for hydroxylation is 1. The molecule has 2 rings (SSSR count). The summed E-state index contributed by atoms with van der Waals surface area (Å²) in [6, 6.07) is 7.60. The van der Waals surface area contributed by atoms with E-state index < -0.39 is 24.4 Å². The number of carboxylic acids is 1. The number of carbonyl (C=O) groups is 1. The van der Waals surface area contributed by atoms with Crippen LogP contribution in [-0.4, -0.2) is 27.6 Å². The molecule has 0 unspecified atom stereocenters. The van der Waals surface area contributed by atoms with E-state index in [-0.39, 0.29) is 11.6 Å². The van der Waals surface area contributed by atoms with Crippen molar-refractivity contribution in [2.24, 2.45) is 0 Å². The molecule has 5 nitrogen and oxygen atoms in total. The topological polar surface area (TPSA) is 75.1 Å². The highest BCUT2D eigenvalue weighted by Crippen LogP contribution is 2.31. The molecule has 8 heteroatoms. The van der Waals surface area contributed by atoms with Gasteiger partial charge in [0, 0.05) is 5.56 Å². The summed E-state index contributed by atoms with van der Waals surface area (Å²) >= 11 is 0. The first-order valence-electron chi connectivity index (χ1n) is 6.24. The Kier molecular flexibility index (Phi) is 4.30. The summed E-state index contributed by atoms with van der Waals surface area (Å²) in [4.78, 5) is 17.7. The molecule has 2 N–H and O–H groups in total. The van der Waals surface area contributed by atoms with Gasteiger partial charge in [-0.3, -0.25) is 4.79 Å². The number of hydrogen-bond donors (Lipinski definition) is 2. The van der Waals surface area contributed by atoms with Crippen LogP contribution in [-0.2, 0) is 11.0 Å². The number of nitrogens with zero attached hydrogens (tertiary/aromatic N) is 2. The SMILES string of the molecule is Cc1ccc(-c2cc(C(F)(F)F)nc(NCC(=O)O)n2)cc1. The van der Waals surface area contributed by atoms with Crippen LogP contribution in [0.1, 0.15) is 11.3 Å². The highest BCUT2D eigenvalue weighted by molar-refractivity contribution is 5.72. The van der Waals surface area contributed by atoms with E-state index in [1.807, 2.05) is 6.92 Å². The lowest BCUT2D eigenvalue weighted by Crippen LogP contribution is -2.17. The molecule has 0 radical (unpaired) electrons. The van der Waals surface area contributed by atoms with E-state index in [2.05, 4.69) is 15.3 Å². The molecular weight excluding hydrogens is 299 g/mol. The monoisotopic (exact) mass is 311 g/mol. The fourth-order valence-corrected chi connectivity index (χ4v) is 1.70. The van der Waals surface area contributed by atoms with E-state index >= 15 is 0 Å². The molecule has 0 spiro atoms. The van der Waals surface area contributed by atoms with Gasteiger partial charge in [0.25, 0.3) is 0 Å². The molecule has 22 heavy (non-hydrogen) atoms. The first kappa shape index (κ1) is 15.7. The number of carboxylic acid groups (broad SMARTS) is 1. The van der Waals surface area contributed by atoms with Crippen LogP contribution in [0.15, 0.2) is 30.3 Å². The normalized spacial score (nSPS) is 11.3. The molecule has 0 fully saturated rings. The Labute approximate surface area is 123 Å². The third-order valence-electron chi connectivity index (χ3n) is 2.76. The van der Waals surface area contributed by atoms with E-state index in [0.717, 1.165) is 11.6 Å². The Morgan fingerprint density at radius 2 is 1.86 bits per heavy atom. The zero-order valence-corrected chi connectivity index (χ0v) is 11.5. The number of aliphatic carboxylic acids is 1. The minimum atomic E-state index is -4.65. The maximum absolute atomic E-state index is 12.9. The molecule has 0 saturated carbocycles. The molecule has 0 aliphatic carbocycles. The van der Waals surface area contributed by atoms with E-state index in [1.165, 1.54) is 0 Å². The Morgan fingerprint density at radius 3 is 2.41 bits per heavy atom. The number of alkyl halides is 3. The number of nitrogens with one attached hydrogen (secondary N) is 1. The summed E-state index contributed by atoms with van der Waals surface area (Å²) in [5, 5.41) is 10.8. The third-order valence-corrected chi connectivity index (χ3v) is 2.76. The van der Waals surface area contributed by atoms with Crippen LogP contribution in [0.3, 0.4) is 0 Å². The second-order valence-corrected chi connectivity index (χ2v) is 4.57. The summed E-state index contributed by atoms with van der Waals surface area (Å²) in [6.07, 6.45) is -4.65. The smallest absolute Gasteiger partial charge is 0.433 e. The predicted molar refractivity (Wildman–Crippen MR) is 73.3 cm³/mol. The van der Waals surface area contributed by atoms with Crippen molar-refractivity contribution in [2.45, 2.75) is 13.1 Å². The van der Waals surface area contributed by atoms with Gasteiger partial charge in [0.2, 0.25) is 5.95 Å². The summed E-state index contributed by atoms with van der Waals surface area (Å²) in [5.74, 6) is -1.61. The lowest BCUT2D eigenvalue weighted by molar-refractivity contribution is -0.141. The predicted octanol–water partition coefficient (Wildman–Crippen LogP) is 2.97. The Hall–Kier alpha value is -2.64. The summed E-state index contributed by atoms with van der Waals surface area (Å²) in [5.41, 5.74) is 0.371. The second-order valence-electron chi connectivity index (χ2n) is 4.57. The maximum Gasteiger partial charge on any atom is 0.433 e. The average molecular weight is 311 g/mol. The molecule has 0 aliphatic rings. The highest BCUT2D eigenvalue weighted by Gasteiger charge is 2.33. The quantitative estimate of drug-likeness (QED) is 0.908. The van der Waals surface area contributed by atoms with E-state index in [1.54, 1.807) is 24.3 Å². The third kappa shape index (κ3) is 3.94. The summed E-state index contributed by atoms with van der Waals surface area (Å²) in [7, 11) is 0. The van der Waals surface area contributed by atoms with Gasteiger partial charge in [-0.25, -0.2) is 9.97 Å². The lowest BCUT2D eigenvalue weighted by Gasteiger charge is -2.11. The van der Waals surface area contributed by atoms with Gasteiger partial charge in [-0.2, -0.15) is 13.2 Å². The Morgan fingerprint density at radius 1 is 1.23 bits per heavy atom. The summed E-state index contributed by atoms with van der Waals surface area (Å²) in [6.45, 7) is 1.28. The number of benzene rings is 1. The van der Waals surface area contributed by atoms with E-state index in [4.69, 9.17) is 5.11 Å². The molecule has 2 aromatic rings. The van der Waals surface area contributed by atoms with Crippen molar-refractivity contribution >= 4 is 11.9 Å². The fourth-order valence-electron chi connectivity index (χ4n) is 1.70. The van der Waals surface area contributed by atoms with Crippen molar-refractivity contribution in [3.8, 4) is 11.3 Å². The number of hydrogen-bond acceptors (Lipinski definition) is 4. The largest absolute Gasteiger partial charge is 0.480 e. The van der Waals surface area contributed by atoms with Gasteiger partial charge < -0.3 is 10.4 Å². The van der Waals surface area contributed by atoms with Crippen LogP contribution in [0.2, 0.25) is 0 Å². The standard InChI is InChI=1S/C14H12F3N3O2/c1-8-2-4-9(5-3-8)10-6-11(14(15,16)17)20-13(19-10)18-7-12(21)22/h2-6H,7H2,1H3,(H,21,22)(H,18,19,20). The van der Waals surface area contributed by atoms with Crippen LogP contribution < -0.4 is 5.32 Å². The van der Waals surface area contributed by atoms with Crippen molar-refractivity contribution < 1.29 is 23.1 Å². The molecule has 0 aliphatic heterocycles. The van der Waals surface area contributed by atoms with Crippen LogP contribution >= 0.6 is 0 Å². The van der Waals surface area contributed by atoms with Gasteiger partial charge in [0.1, 0.15) is 6.54 Å². The molecule has 116 valence electrons. The van der Waals surface area contributed by atoms with Crippen LogP contribution in [0.25, 0.3) is 11.3 Å². The minimum Gasteiger partial charge on any atom is -0.480 e. The zero-order chi connectivity index (χ0) is 16.3. The van der Waals surface area contributed by atoms with Crippen molar-refractivity contribution in [1.82, 2.24) is 9.97 Å². The molecular formula is C14H12F3N3O2. The van der Waals surface area contributed by atoms with Crippen molar-refractivity contribution in [1.29, 1.82) is 0 Å². The first-order chi connectivity index (χ1) is 10.3. The van der Waals surface area contributed by atoms with Crippen LogP contribution in [0, 0.1) is 6.92 Å². The van der Waals surface area contributed by atoms with Crippen molar-refractivity contribution in [3.05, 3.63) is 41.6 Å². The van der Waals surface area contributed by atoms with E-state index in [0.29, 0.717) is 5.56 Å². The van der Waals surface area contributed by atoms with Gasteiger partial charge in [0.15, 0.2) is 5.69 Å². The Bertz CT molecular complexity index is 685. The van der Waals surface area contributed by atoms with Gasteiger partial charge >= 0.3 is 12.1 Å². The maximum atomic E-state index is 12.9. The van der Waals surface area contributed by atoms with Crippen LogP contribution in [0.4, 0.5) is 19.1 Å². The molecule has 0 bridgehead atoms. The van der Waals surface area contributed by atoms with Gasteiger partial charge in [-0.15, -0.1) is 0 Å².